The second-order valence-corrected chi connectivity index (χ2v) is 21.9. The van der Waals surface area contributed by atoms with Gasteiger partial charge in [-0.15, -0.1) is 0 Å². The van der Waals surface area contributed by atoms with Crippen LogP contribution in [-0.2, 0) is 74.2 Å². The molecule has 15 nitrogen and oxygen atoms in total. The molecule has 4 atom stereocenters. The number of anilines is 3. The molecule has 5 aromatic carbocycles. The van der Waals surface area contributed by atoms with Crippen molar-refractivity contribution in [3.8, 4) is 17.2 Å². The van der Waals surface area contributed by atoms with Crippen molar-refractivity contribution in [3.63, 3.8) is 0 Å². The summed E-state index contributed by atoms with van der Waals surface area (Å²) in [7, 11) is 1.65. The minimum atomic E-state index is -0.832. The molecule has 0 spiro atoms. The zero-order valence-electron chi connectivity index (χ0n) is 45.6. The van der Waals surface area contributed by atoms with E-state index in [9.17, 15) is 33.6 Å². The number of para-hydroxylation sites is 2. The monoisotopic (exact) mass is 1070 g/mol. The first kappa shape index (κ1) is 54.3. The van der Waals surface area contributed by atoms with Crippen LogP contribution < -0.4 is 34.6 Å². The first-order valence-corrected chi connectivity index (χ1v) is 27.9. The molecule has 79 heavy (non-hydrogen) atoms. The number of carbonyl (C=O) groups excluding carboxylic acids is 7. The quantitative estimate of drug-likeness (QED) is 0.0498. The fourth-order valence-corrected chi connectivity index (χ4v) is 11.9. The van der Waals surface area contributed by atoms with Gasteiger partial charge in [0.25, 0.3) is 17.7 Å². The van der Waals surface area contributed by atoms with Crippen molar-refractivity contribution in [1.82, 2.24) is 10.2 Å². The summed E-state index contributed by atoms with van der Waals surface area (Å²) in [5.74, 6) is -0.555. The summed E-state index contributed by atoms with van der Waals surface area (Å²) in [6.45, 7) is 6.50. The van der Waals surface area contributed by atoms with E-state index < -0.39 is 12.0 Å². The number of methoxy groups -OCH3 is 1. The Morgan fingerprint density at radius 3 is 2.04 bits per heavy atom. The third kappa shape index (κ3) is 12.3. The van der Waals surface area contributed by atoms with Crippen LogP contribution in [0, 0.1) is 12.8 Å². The number of nitrogens with zero attached hydrogens (tertiary/aromatic N) is 3. The highest BCUT2D eigenvalue weighted by Gasteiger charge is 2.38. The predicted molar refractivity (Wildman–Crippen MR) is 300 cm³/mol. The smallest absolute Gasteiger partial charge is 0.258 e. The minimum absolute atomic E-state index is 0.00971. The van der Waals surface area contributed by atoms with Gasteiger partial charge in [-0.3, -0.25) is 38.5 Å². The van der Waals surface area contributed by atoms with Gasteiger partial charge < -0.3 is 34.6 Å². The molecular weight excluding hydrogens is 999 g/mol. The van der Waals surface area contributed by atoms with Crippen molar-refractivity contribution in [2.75, 3.05) is 28.8 Å². The molecule has 5 aliphatic rings. The average Bonchev–Trinajstić information content (AvgIpc) is 4.26. The van der Waals surface area contributed by atoms with E-state index in [2.05, 4.69) is 58.0 Å². The Labute approximate surface area is 461 Å². The van der Waals surface area contributed by atoms with Crippen LogP contribution in [0.1, 0.15) is 127 Å². The number of aryl methyl sites for hydroxylation is 3. The van der Waals surface area contributed by atoms with Crippen LogP contribution in [0.4, 0.5) is 17.1 Å². The highest BCUT2D eigenvalue weighted by Crippen LogP contribution is 2.42. The third-order valence-corrected chi connectivity index (χ3v) is 16.2. The van der Waals surface area contributed by atoms with Crippen molar-refractivity contribution in [3.05, 3.63) is 153 Å². The van der Waals surface area contributed by atoms with Crippen LogP contribution in [0.2, 0.25) is 0 Å². The van der Waals surface area contributed by atoms with Crippen molar-refractivity contribution in [1.29, 1.82) is 0 Å². The van der Waals surface area contributed by atoms with Gasteiger partial charge in [0, 0.05) is 91.6 Å². The lowest BCUT2D eigenvalue weighted by atomic mass is 9.98. The van der Waals surface area contributed by atoms with Gasteiger partial charge in [0.1, 0.15) is 24.7 Å². The van der Waals surface area contributed by atoms with Gasteiger partial charge in [0.15, 0.2) is 17.3 Å². The van der Waals surface area contributed by atoms with Crippen LogP contribution in [0.3, 0.4) is 0 Å². The van der Waals surface area contributed by atoms with E-state index in [1.165, 1.54) is 40.1 Å². The average molecular weight is 1070 g/mol. The van der Waals surface area contributed by atoms with Gasteiger partial charge in [-0.25, -0.2) is 0 Å². The molecule has 0 radical (unpaired) electrons. The number of carbonyl (C=O) groups is 7. The lowest BCUT2D eigenvalue weighted by Crippen LogP contribution is -2.39. The van der Waals surface area contributed by atoms with E-state index in [0.29, 0.717) is 53.8 Å². The van der Waals surface area contributed by atoms with E-state index in [-0.39, 0.29) is 92.6 Å². The second-order valence-electron chi connectivity index (χ2n) is 21.9. The fourth-order valence-electron chi connectivity index (χ4n) is 11.9. The van der Waals surface area contributed by atoms with E-state index in [1.54, 1.807) is 21.0 Å². The molecule has 10 rings (SSSR count). The van der Waals surface area contributed by atoms with E-state index in [1.807, 2.05) is 60.4 Å². The highest BCUT2D eigenvalue weighted by molar-refractivity contribution is 6.13. The minimum Gasteiger partial charge on any atom is -0.493 e. The van der Waals surface area contributed by atoms with Crippen molar-refractivity contribution in [2.24, 2.45) is 5.92 Å². The molecule has 5 amide bonds. The Balaban J connectivity index is 0.785. The molecule has 0 fully saturated rings. The number of imide groups is 1. The SMILES string of the molecule is COc1cc2c(cc1OCc1cc(COc3cc4c(cc3C)C(=O)N3c5ccccc5C[C@H]3CC4)cc(NC(=O)[C@H](C)CC(=O)[C@H](C)NC(=O)CCCCC(=O)CCCN3C(=O)C=CC3=O)c1)CC[C@@H]1Cc3ccccc3N1C2. The molecule has 5 aromatic rings. The zero-order chi connectivity index (χ0) is 55.3. The fraction of sp³-hybridized carbons (Fsp3) is 0.391. The number of ether oxygens (including phenoxy) is 3. The summed E-state index contributed by atoms with van der Waals surface area (Å²) in [6, 6.07) is 30.3. The molecule has 5 heterocycles. The van der Waals surface area contributed by atoms with Crippen molar-refractivity contribution in [2.45, 2.75) is 142 Å². The molecule has 0 saturated carbocycles. The van der Waals surface area contributed by atoms with Crippen molar-refractivity contribution >= 4 is 58.2 Å². The van der Waals surface area contributed by atoms with Gasteiger partial charge in [0.2, 0.25) is 11.8 Å². The molecule has 0 unspecified atom stereocenters. The van der Waals surface area contributed by atoms with Gasteiger partial charge in [-0.2, -0.15) is 0 Å². The van der Waals surface area contributed by atoms with E-state index >= 15 is 0 Å². The number of benzene rings is 5. The number of Topliss-reactive ketones (excluding diaryl/α,β-unsaturated/α-hetero) is 2. The van der Waals surface area contributed by atoms with Crippen LogP contribution in [0.5, 0.6) is 17.2 Å². The molecule has 410 valence electrons. The number of unbranched alkanes of at least 4 members (excludes halogenated alkanes) is 1. The maximum atomic E-state index is 14.1. The molecule has 5 aliphatic heterocycles. The molecule has 0 aliphatic carbocycles. The number of rotatable bonds is 22. The van der Waals surface area contributed by atoms with Crippen LogP contribution in [0.25, 0.3) is 0 Å². The summed E-state index contributed by atoms with van der Waals surface area (Å²) in [5, 5.41) is 5.79. The number of ketones is 2. The maximum Gasteiger partial charge on any atom is 0.258 e. The Morgan fingerprint density at radius 2 is 1.29 bits per heavy atom. The first-order chi connectivity index (χ1) is 38.2. The maximum absolute atomic E-state index is 14.1. The Morgan fingerprint density at radius 1 is 0.671 bits per heavy atom. The largest absolute Gasteiger partial charge is 0.493 e. The lowest BCUT2D eigenvalue weighted by Gasteiger charge is -2.25. The zero-order valence-corrected chi connectivity index (χ0v) is 45.6. The highest BCUT2D eigenvalue weighted by atomic mass is 16.5. The second kappa shape index (κ2) is 23.9. The summed E-state index contributed by atoms with van der Waals surface area (Å²) in [4.78, 5) is 95.7. The van der Waals surface area contributed by atoms with Gasteiger partial charge in [0.05, 0.1) is 13.2 Å². The van der Waals surface area contributed by atoms with Gasteiger partial charge >= 0.3 is 0 Å². The van der Waals surface area contributed by atoms with Crippen LogP contribution >= 0.6 is 0 Å². The molecular formula is C64H69N5O10. The molecule has 15 heteroatoms. The van der Waals surface area contributed by atoms with E-state index in [4.69, 9.17) is 14.2 Å². The number of nitrogens with one attached hydrogen (secondary N) is 2. The topological polar surface area (TPSA) is 181 Å². The molecule has 2 N–H and O–H groups in total. The van der Waals surface area contributed by atoms with Gasteiger partial charge in [-0.05, 0) is 171 Å². The summed E-state index contributed by atoms with van der Waals surface area (Å²) in [6.07, 6.45) is 9.63. The van der Waals surface area contributed by atoms with Crippen LogP contribution in [0.15, 0.2) is 103 Å². The molecule has 0 saturated heterocycles. The first-order valence-electron chi connectivity index (χ1n) is 27.9. The summed E-state index contributed by atoms with van der Waals surface area (Å²) < 4.78 is 19.1. The summed E-state index contributed by atoms with van der Waals surface area (Å²) in [5.41, 5.74) is 11.8. The number of hydrogen-bond donors (Lipinski definition) is 2. The standard InChI is InChI=1S/C64H69N5O10/c1-39-26-53-45(20-22-51-32-47-13-6-9-17-55(47)69(51)64(53)76)34-57(39)78-37-42-28-43(38-79-59-33-44-19-21-50-31-46-12-5-8-16-54(46)68(50)36-48(44)35-58(59)77-4)30-49(29-42)66-63(75)40(2)27-56(71)41(3)65-60(72)18-10-7-14-52(70)15-11-25-67-61(73)23-24-62(67)74/h5-6,8-9,12-13,16-17,23-24,26,28-30,33-35,40-41,50-51H,7,10-11,14-15,18-22,25,27,31-32,36-38H2,1-4H3,(H,65,72)(H,66,75)/t40-,41+,50-,51-/m1/s1. The number of hydrogen-bond acceptors (Lipinski definition) is 11. The lowest BCUT2D eigenvalue weighted by molar-refractivity contribution is -0.137. The summed E-state index contributed by atoms with van der Waals surface area (Å²) >= 11 is 0. The number of fused-ring (bicyclic) bond motifs is 8. The normalized spacial score (nSPS) is 17.6. The third-order valence-electron chi connectivity index (χ3n) is 16.2. The van der Waals surface area contributed by atoms with Crippen LogP contribution in [-0.4, -0.2) is 77.8 Å². The predicted octanol–water partition coefficient (Wildman–Crippen LogP) is 9.43. The van der Waals surface area contributed by atoms with Crippen molar-refractivity contribution < 1.29 is 47.8 Å². The van der Waals surface area contributed by atoms with E-state index in [0.717, 1.165) is 77.9 Å². The Kier molecular flexibility index (Phi) is 16.4. The van der Waals surface area contributed by atoms with Gasteiger partial charge in [-0.1, -0.05) is 43.3 Å². The Hall–Kier alpha value is -8.07. The molecule has 0 aromatic heterocycles. The number of amides is 5. The molecule has 0 bridgehead atoms. The Bertz CT molecular complexity index is 3240.